The molecule has 0 aromatic carbocycles. The molecule has 2 aromatic heterocycles. The third kappa shape index (κ3) is 3.66. The number of amides is 1. The lowest BCUT2D eigenvalue weighted by atomic mass is 9.71. The van der Waals surface area contributed by atoms with Gasteiger partial charge in [-0.3, -0.25) is 9.69 Å². The zero-order valence-electron chi connectivity index (χ0n) is 16.0. The topological polar surface area (TPSA) is 72.0 Å². The minimum atomic E-state index is -0.0153. The highest BCUT2D eigenvalue weighted by molar-refractivity contribution is 5.91. The number of methoxy groups -OCH3 is 1. The molecule has 2 aliphatic rings. The van der Waals surface area contributed by atoms with Gasteiger partial charge in [-0.25, -0.2) is 0 Å². The highest BCUT2D eigenvalue weighted by Gasteiger charge is 2.49. The van der Waals surface area contributed by atoms with Gasteiger partial charge in [-0.1, -0.05) is 5.16 Å². The maximum atomic E-state index is 12.8. The molecule has 1 unspecified atom stereocenters. The Morgan fingerprint density at radius 3 is 2.85 bits per heavy atom. The number of carbonyl (C=O) groups is 1. The molecule has 146 valence electrons. The first-order chi connectivity index (χ1) is 13.1. The summed E-state index contributed by atoms with van der Waals surface area (Å²) in [6.07, 6.45) is 3.66. The summed E-state index contributed by atoms with van der Waals surface area (Å²) >= 11 is 0. The van der Waals surface area contributed by atoms with E-state index in [4.69, 9.17) is 13.7 Å². The summed E-state index contributed by atoms with van der Waals surface area (Å²) in [4.78, 5) is 17.1. The van der Waals surface area contributed by atoms with Crippen molar-refractivity contribution >= 4 is 5.91 Å². The third-order valence-electron chi connectivity index (χ3n) is 6.11. The standard InChI is InChI=1S/C20H27N3O4/c1-15-10-17(21-27-15)12-22-7-5-20(6-8-22)14-23(11-16(20)13-25-2)19(24)18-4-3-9-26-18/h3-4,9-10,16H,5-8,11-14H2,1-2H3. The van der Waals surface area contributed by atoms with E-state index in [2.05, 4.69) is 10.1 Å². The second-order valence-electron chi connectivity index (χ2n) is 7.88. The smallest absolute Gasteiger partial charge is 0.289 e. The number of rotatable bonds is 5. The van der Waals surface area contributed by atoms with E-state index >= 15 is 0 Å². The normalized spacial score (nSPS) is 22.6. The first-order valence-corrected chi connectivity index (χ1v) is 9.56. The number of piperidine rings is 1. The van der Waals surface area contributed by atoms with Gasteiger partial charge >= 0.3 is 0 Å². The zero-order valence-corrected chi connectivity index (χ0v) is 16.0. The van der Waals surface area contributed by atoms with Gasteiger partial charge in [0.1, 0.15) is 5.76 Å². The fraction of sp³-hybridized carbons (Fsp3) is 0.600. The van der Waals surface area contributed by atoms with E-state index in [1.807, 2.05) is 17.9 Å². The highest BCUT2D eigenvalue weighted by atomic mass is 16.5. The van der Waals surface area contributed by atoms with Gasteiger partial charge in [0.25, 0.3) is 5.91 Å². The van der Waals surface area contributed by atoms with Crippen molar-refractivity contribution in [3.63, 3.8) is 0 Å². The van der Waals surface area contributed by atoms with Crippen LogP contribution in [-0.4, -0.2) is 60.8 Å². The van der Waals surface area contributed by atoms with Gasteiger partial charge in [-0.2, -0.15) is 0 Å². The Labute approximate surface area is 159 Å². The van der Waals surface area contributed by atoms with E-state index in [-0.39, 0.29) is 11.3 Å². The van der Waals surface area contributed by atoms with Gasteiger partial charge in [0.2, 0.25) is 0 Å². The largest absolute Gasteiger partial charge is 0.459 e. The molecule has 0 saturated carbocycles. The van der Waals surface area contributed by atoms with Crippen LogP contribution in [0.15, 0.2) is 33.4 Å². The number of ether oxygens (including phenoxy) is 1. The monoisotopic (exact) mass is 373 g/mol. The van der Waals surface area contributed by atoms with E-state index < -0.39 is 0 Å². The van der Waals surface area contributed by atoms with Crippen LogP contribution in [0, 0.1) is 18.3 Å². The van der Waals surface area contributed by atoms with Gasteiger partial charge in [0.05, 0.1) is 18.6 Å². The van der Waals surface area contributed by atoms with Crippen molar-refractivity contribution in [2.24, 2.45) is 11.3 Å². The van der Waals surface area contributed by atoms with Crippen molar-refractivity contribution in [3.05, 3.63) is 41.7 Å². The lowest BCUT2D eigenvalue weighted by Crippen LogP contribution is -2.45. The van der Waals surface area contributed by atoms with Gasteiger partial charge in [0.15, 0.2) is 5.76 Å². The Kier molecular flexibility index (Phi) is 5.06. The van der Waals surface area contributed by atoms with Crippen LogP contribution in [0.5, 0.6) is 0 Å². The molecule has 0 radical (unpaired) electrons. The molecule has 27 heavy (non-hydrogen) atoms. The van der Waals surface area contributed by atoms with Crippen molar-refractivity contribution in [3.8, 4) is 0 Å². The molecule has 2 aromatic rings. The van der Waals surface area contributed by atoms with Crippen LogP contribution in [0.3, 0.4) is 0 Å². The summed E-state index contributed by atoms with van der Waals surface area (Å²) in [7, 11) is 1.74. The molecule has 4 rings (SSSR count). The number of hydrogen-bond acceptors (Lipinski definition) is 6. The summed E-state index contributed by atoms with van der Waals surface area (Å²) in [5.74, 6) is 1.61. The average Bonchev–Trinajstić information content (AvgIpc) is 3.39. The third-order valence-corrected chi connectivity index (χ3v) is 6.11. The number of nitrogens with zero attached hydrogens (tertiary/aromatic N) is 3. The maximum absolute atomic E-state index is 12.8. The molecular formula is C20H27N3O4. The van der Waals surface area contributed by atoms with Gasteiger partial charge in [0, 0.05) is 38.7 Å². The van der Waals surface area contributed by atoms with Crippen LogP contribution in [0.25, 0.3) is 0 Å². The van der Waals surface area contributed by atoms with Gasteiger partial charge in [-0.05, 0) is 50.4 Å². The summed E-state index contributed by atoms with van der Waals surface area (Å²) < 4.78 is 16.0. The predicted molar refractivity (Wildman–Crippen MR) is 98.2 cm³/mol. The Morgan fingerprint density at radius 1 is 1.41 bits per heavy atom. The van der Waals surface area contributed by atoms with E-state index in [1.54, 1.807) is 25.5 Å². The predicted octanol–water partition coefficient (Wildman–Crippen LogP) is 2.58. The molecule has 1 atom stereocenters. The van der Waals surface area contributed by atoms with Crippen LogP contribution < -0.4 is 0 Å². The van der Waals surface area contributed by atoms with Crippen LogP contribution in [-0.2, 0) is 11.3 Å². The molecule has 4 heterocycles. The van der Waals surface area contributed by atoms with Crippen LogP contribution in [0.2, 0.25) is 0 Å². The molecule has 2 aliphatic heterocycles. The van der Waals surface area contributed by atoms with E-state index in [0.717, 1.165) is 57.0 Å². The SMILES string of the molecule is COCC1CN(C(=O)c2ccco2)CC12CCN(Cc1cc(C)on1)CC2. The first kappa shape index (κ1) is 18.3. The summed E-state index contributed by atoms with van der Waals surface area (Å²) in [6, 6.07) is 5.49. The Bertz CT molecular complexity index is 762. The number of aryl methyl sites for hydroxylation is 1. The lowest BCUT2D eigenvalue weighted by molar-refractivity contribution is 0.0341. The molecule has 2 saturated heterocycles. The Balaban J connectivity index is 1.42. The Hall–Kier alpha value is -2.12. The molecule has 7 nitrogen and oxygen atoms in total. The van der Waals surface area contributed by atoms with Crippen molar-refractivity contribution in [2.45, 2.75) is 26.3 Å². The van der Waals surface area contributed by atoms with Crippen molar-refractivity contribution < 1.29 is 18.5 Å². The minimum absolute atomic E-state index is 0.0153. The number of furan rings is 1. The molecule has 0 aliphatic carbocycles. The second-order valence-corrected chi connectivity index (χ2v) is 7.88. The highest BCUT2D eigenvalue weighted by Crippen LogP contribution is 2.45. The summed E-state index contributed by atoms with van der Waals surface area (Å²) in [6.45, 7) is 6.92. The number of carbonyl (C=O) groups excluding carboxylic acids is 1. The van der Waals surface area contributed by atoms with E-state index in [1.165, 1.54) is 0 Å². The fourth-order valence-electron chi connectivity index (χ4n) is 4.62. The van der Waals surface area contributed by atoms with Gasteiger partial charge in [-0.15, -0.1) is 0 Å². The quantitative estimate of drug-likeness (QED) is 0.802. The van der Waals surface area contributed by atoms with Crippen molar-refractivity contribution in [1.29, 1.82) is 0 Å². The molecule has 1 amide bonds. The van der Waals surface area contributed by atoms with Crippen LogP contribution >= 0.6 is 0 Å². The molecule has 1 spiro atoms. The van der Waals surface area contributed by atoms with Crippen molar-refractivity contribution in [2.75, 3.05) is 39.9 Å². The average molecular weight is 373 g/mol. The molecule has 0 bridgehead atoms. The number of aromatic nitrogens is 1. The molecule has 2 fully saturated rings. The Morgan fingerprint density at radius 2 is 2.22 bits per heavy atom. The zero-order chi connectivity index (χ0) is 18.9. The summed E-state index contributed by atoms with van der Waals surface area (Å²) in [5.41, 5.74) is 1.10. The molecule has 0 N–H and O–H groups in total. The second kappa shape index (κ2) is 7.48. The summed E-state index contributed by atoms with van der Waals surface area (Å²) in [5, 5.41) is 4.11. The molecule has 7 heteroatoms. The minimum Gasteiger partial charge on any atom is -0.459 e. The van der Waals surface area contributed by atoms with Crippen molar-refractivity contribution in [1.82, 2.24) is 15.0 Å². The van der Waals surface area contributed by atoms with E-state index in [0.29, 0.717) is 18.3 Å². The molecular weight excluding hydrogens is 346 g/mol. The first-order valence-electron chi connectivity index (χ1n) is 9.56. The fourth-order valence-corrected chi connectivity index (χ4v) is 4.62. The van der Waals surface area contributed by atoms with Crippen LogP contribution in [0.4, 0.5) is 0 Å². The maximum Gasteiger partial charge on any atom is 0.289 e. The van der Waals surface area contributed by atoms with Crippen LogP contribution in [0.1, 0.15) is 34.9 Å². The van der Waals surface area contributed by atoms with Gasteiger partial charge < -0.3 is 18.6 Å². The van der Waals surface area contributed by atoms with E-state index in [9.17, 15) is 4.79 Å². The lowest BCUT2D eigenvalue weighted by Gasteiger charge is -2.42. The number of hydrogen-bond donors (Lipinski definition) is 0. The number of likely N-dealkylation sites (tertiary alicyclic amines) is 2.